The van der Waals surface area contributed by atoms with Crippen LogP contribution in [0.1, 0.15) is 19.8 Å². The summed E-state index contributed by atoms with van der Waals surface area (Å²) in [5.74, 6) is 1.52. The molecular formula is C15H18N4O. The summed E-state index contributed by atoms with van der Waals surface area (Å²) in [6.45, 7) is 3.29. The maximum absolute atomic E-state index is 5.26. The van der Waals surface area contributed by atoms with E-state index in [0.717, 1.165) is 23.6 Å². The van der Waals surface area contributed by atoms with Crippen LogP contribution in [0.5, 0.6) is 5.88 Å². The third kappa shape index (κ3) is 2.31. The van der Waals surface area contributed by atoms with E-state index in [9.17, 15) is 0 Å². The molecule has 1 aliphatic heterocycles. The summed E-state index contributed by atoms with van der Waals surface area (Å²) in [4.78, 5) is 6.49. The molecule has 3 rings (SSSR count). The number of pyridine rings is 1. The summed E-state index contributed by atoms with van der Waals surface area (Å²) in [5.41, 5.74) is 1.65. The molecule has 1 aliphatic rings. The fourth-order valence-electron chi connectivity index (χ4n) is 2.64. The van der Waals surface area contributed by atoms with Gasteiger partial charge in [0.15, 0.2) is 5.82 Å². The van der Waals surface area contributed by atoms with E-state index in [2.05, 4.69) is 27.0 Å². The minimum atomic E-state index is 0.545. The Morgan fingerprint density at radius 2 is 2.15 bits per heavy atom. The number of methoxy groups -OCH3 is 1. The maximum atomic E-state index is 5.26. The molecule has 1 atom stereocenters. The van der Waals surface area contributed by atoms with Gasteiger partial charge >= 0.3 is 0 Å². The molecule has 20 heavy (non-hydrogen) atoms. The number of rotatable bonds is 3. The second kappa shape index (κ2) is 5.45. The highest BCUT2D eigenvalue weighted by molar-refractivity contribution is 5.65. The van der Waals surface area contributed by atoms with E-state index >= 15 is 0 Å². The van der Waals surface area contributed by atoms with Crippen LogP contribution in [-0.4, -0.2) is 34.9 Å². The van der Waals surface area contributed by atoms with Gasteiger partial charge in [0.2, 0.25) is 5.88 Å². The molecule has 1 unspecified atom stereocenters. The first kappa shape index (κ1) is 12.8. The second-order valence-electron chi connectivity index (χ2n) is 5.02. The highest BCUT2D eigenvalue weighted by Gasteiger charge is 2.21. The van der Waals surface area contributed by atoms with Gasteiger partial charge in [-0.05, 0) is 44.0 Å². The van der Waals surface area contributed by atoms with Crippen molar-refractivity contribution in [2.45, 2.75) is 25.8 Å². The van der Waals surface area contributed by atoms with E-state index in [1.807, 2.05) is 24.3 Å². The smallest absolute Gasteiger partial charge is 0.222 e. The highest BCUT2D eigenvalue weighted by atomic mass is 16.5. The molecule has 5 heteroatoms. The van der Waals surface area contributed by atoms with Gasteiger partial charge in [0.1, 0.15) is 0 Å². The van der Waals surface area contributed by atoms with E-state index in [0.29, 0.717) is 11.9 Å². The van der Waals surface area contributed by atoms with Gasteiger partial charge in [-0.1, -0.05) is 0 Å². The molecule has 0 saturated carbocycles. The second-order valence-corrected chi connectivity index (χ2v) is 5.02. The largest absolute Gasteiger partial charge is 0.481 e. The van der Waals surface area contributed by atoms with Crippen molar-refractivity contribution in [1.82, 2.24) is 15.2 Å². The lowest BCUT2D eigenvalue weighted by molar-refractivity contribution is 0.399. The van der Waals surface area contributed by atoms with E-state index in [1.165, 1.54) is 12.8 Å². The molecule has 0 spiro atoms. The first-order chi connectivity index (χ1) is 9.79. The van der Waals surface area contributed by atoms with Gasteiger partial charge in [0.05, 0.1) is 18.4 Å². The third-order valence-corrected chi connectivity index (χ3v) is 3.74. The molecule has 0 bridgehead atoms. The van der Waals surface area contributed by atoms with Gasteiger partial charge in [-0.3, -0.25) is 0 Å². The lowest BCUT2D eigenvalue weighted by atomic mass is 10.2. The predicted molar refractivity (Wildman–Crippen MR) is 77.9 cm³/mol. The standard InChI is InChI=1S/C15H18N4O/c1-11-5-4-10-19(11)14-8-7-13(17-18-14)12-6-3-9-16-15(12)20-2/h3,6-9,11H,4-5,10H2,1-2H3. The Morgan fingerprint density at radius 1 is 1.25 bits per heavy atom. The number of ether oxygens (including phenoxy) is 1. The van der Waals surface area contributed by atoms with Crippen molar-refractivity contribution >= 4 is 5.82 Å². The molecule has 0 aromatic carbocycles. The number of hydrogen-bond acceptors (Lipinski definition) is 5. The molecule has 2 aromatic heterocycles. The molecule has 0 N–H and O–H groups in total. The Bertz CT molecular complexity index is 585. The van der Waals surface area contributed by atoms with Crippen molar-refractivity contribution in [3.8, 4) is 17.1 Å². The van der Waals surface area contributed by atoms with Gasteiger partial charge in [0.25, 0.3) is 0 Å². The normalized spacial score (nSPS) is 18.3. The molecule has 0 amide bonds. The van der Waals surface area contributed by atoms with Crippen molar-refractivity contribution < 1.29 is 4.74 Å². The van der Waals surface area contributed by atoms with E-state index in [4.69, 9.17) is 4.74 Å². The van der Waals surface area contributed by atoms with Crippen LogP contribution < -0.4 is 9.64 Å². The van der Waals surface area contributed by atoms with Crippen molar-refractivity contribution in [2.24, 2.45) is 0 Å². The maximum Gasteiger partial charge on any atom is 0.222 e. The van der Waals surface area contributed by atoms with Crippen molar-refractivity contribution in [3.63, 3.8) is 0 Å². The van der Waals surface area contributed by atoms with Crippen molar-refractivity contribution in [3.05, 3.63) is 30.5 Å². The molecule has 104 valence electrons. The zero-order chi connectivity index (χ0) is 13.9. The fourth-order valence-corrected chi connectivity index (χ4v) is 2.64. The average Bonchev–Trinajstić information content (AvgIpc) is 2.93. The third-order valence-electron chi connectivity index (χ3n) is 3.74. The topological polar surface area (TPSA) is 51.1 Å². The van der Waals surface area contributed by atoms with Crippen LogP contribution in [0.4, 0.5) is 5.82 Å². The fraction of sp³-hybridized carbons (Fsp3) is 0.400. The molecule has 3 heterocycles. The minimum absolute atomic E-state index is 0.545. The van der Waals surface area contributed by atoms with Crippen LogP contribution >= 0.6 is 0 Å². The van der Waals surface area contributed by atoms with Crippen molar-refractivity contribution in [1.29, 1.82) is 0 Å². The van der Waals surface area contributed by atoms with Crippen LogP contribution in [0.3, 0.4) is 0 Å². The Morgan fingerprint density at radius 3 is 2.80 bits per heavy atom. The van der Waals surface area contributed by atoms with E-state index in [-0.39, 0.29) is 0 Å². The van der Waals surface area contributed by atoms with Gasteiger partial charge < -0.3 is 9.64 Å². The molecule has 0 radical (unpaired) electrons. The zero-order valence-corrected chi connectivity index (χ0v) is 11.8. The van der Waals surface area contributed by atoms with Crippen LogP contribution in [0.2, 0.25) is 0 Å². The monoisotopic (exact) mass is 270 g/mol. The Hall–Kier alpha value is -2.17. The Balaban J connectivity index is 1.89. The summed E-state index contributed by atoms with van der Waals surface area (Å²) < 4.78 is 5.26. The number of nitrogens with zero attached hydrogens (tertiary/aromatic N) is 4. The number of hydrogen-bond donors (Lipinski definition) is 0. The highest BCUT2D eigenvalue weighted by Crippen LogP contribution is 2.28. The van der Waals surface area contributed by atoms with E-state index < -0.39 is 0 Å². The molecule has 5 nitrogen and oxygen atoms in total. The molecule has 2 aromatic rings. The van der Waals surface area contributed by atoms with Gasteiger partial charge in [0, 0.05) is 18.8 Å². The van der Waals surface area contributed by atoms with Gasteiger partial charge in [-0.25, -0.2) is 4.98 Å². The number of aromatic nitrogens is 3. The molecule has 1 fully saturated rings. The van der Waals surface area contributed by atoms with Crippen LogP contribution in [-0.2, 0) is 0 Å². The van der Waals surface area contributed by atoms with Crippen LogP contribution in [0, 0.1) is 0 Å². The SMILES string of the molecule is COc1ncccc1-c1ccc(N2CCCC2C)nn1. The first-order valence-corrected chi connectivity index (χ1v) is 6.89. The average molecular weight is 270 g/mol. The number of anilines is 1. The summed E-state index contributed by atoms with van der Waals surface area (Å²) in [6, 6.07) is 8.36. The lowest BCUT2D eigenvalue weighted by Crippen LogP contribution is -2.27. The summed E-state index contributed by atoms with van der Waals surface area (Å²) in [7, 11) is 1.61. The Kier molecular flexibility index (Phi) is 3.50. The predicted octanol–water partition coefficient (Wildman–Crippen LogP) is 2.54. The first-order valence-electron chi connectivity index (χ1n) is 6.89. The summed E-state index contributed by atoms with van der Waals surface area (Å²) in [6.07, 6.45) is 4.15. The van der Waals surface area contributed by atoms with Crippen LogP contribution in [0.25, 0.3) is 11.3 Å². The Labute approximate surface area is 118 Å². The van der Waals surface area contributed by atoms with Gasteiger partial charge in [-0.15, -0.1) is 10.2 Å². The minimum Gasteiger partial charge on any atom is -0.481 e. The molecular weight excluding hydrogens is 252 g/mol. The van der Waals surface area contributed by atoms with Crippen LogP contribution in [0.15, 0.2) is 30.5 Å². The van der Waals surface area contributed by atoms with Gasteiger partial charge in [-0.2, -0.15) is 0 Å². The summed E-state index contributed by atoms with van der Waals surface area (Å²) >= 11 is 0. The zero-order valence-electron chi connectivity index (χ0n) is 11.8. The molecule has 1 saturated heterocycles. The summed E-state index contributed by atoms with van der Waals surface area (Å²) in [5, 5.41) is 8.68. The van der Waals surface area contributed by atoms with Crippen molar-refractivity contribution in [2.75, 3.05) is 18.6 Å². The lowest BCUT2D eigenvalue weighted by Gasteiger charge is -2.21. The van der Waals surface area contributed by atoms with E-state index in [1.54, 1.807) is 13.3 Å². The quantitative estimate of drug-likeness (QED) is 0.858. The molecule has 0 aliphatic carbocycles.